The third kappa shape index (κ3) is 41.7. The zero-order valence-corrected chi connectivity index (χ0v) is 34.5. The molecule has 0 rings (SSSR count). The second-order valence-corrected chi connectivity index (χ2v) is 14.3. The second-order valence-electron chi connectivity index (χ2n) is 13.1. The van der Waals surface area contributed by atoms with Crippen molar-refractivity contribution in [1.82, 2.24) is 0 Å². The molecule has 0 fully saturated rings. The molecule has 0 saturated carbocycles. The van der Waals surface area contributed by atoms with Crippen LogP contribution in [0.4, 0.5) is 0 Å². The first kappa shape index (κ1) is 51.7. The van der Waals surface area contributed by atoms with E-state index in [1.165, 1.54) is 25.7 Å². The number of hydrogen-bond acceptors (Lipinski definition) is 7. The van der Waals surface area contributed by atoms with Crippen LogP contribution in [0.1, 0.15) is 136 Å². The molecule has 0 aromatic carbocycles. The van der Waals surface area contributed by atoms with Gasteiger partial charge in [-0.05, 0) is 89.9 Å². The number of rotatable bonds is 35. The molecule has 10 heteroatoms. The highest BCUT2D eigenvalue weighted by Crippen LogP contribution is 2.36. The van der Waals surface area contributed by atoms with Crippen molar-refractivity contribution in [3.63, 3.8) is 0 Å². The maximum Gasteiger partial charge on any atom is 0.469 e. The maximum atomic E-state index is 12.4. The highest BCUT2D eigenvalue weighted by molar-refractivity contribution is 7.46. The highest BCUT2D eigenvalue weighted by atomic mass is 31.2. The number of aliphatic hydroxyl groups excluding tert-OH is 1. The van der Waals surface area contributed by atoms with Gasteiger partial charge < -0.3 is 24.4 Å². The number of carbonyl (C=O) groups excluding carboxylic acids is 2. The summed E-state index contributed by atoms with van der Waals surface area (Å²) in [7, 11) is -4.79. The van der Waals surface area contributed by atoms with Crippen LogP contribution in [0.2, 0.25) is 0 Å². The zero-order chi connectivity index (χ0) is 40.5. The second kappa shape index (κ2) is 38.9. The fourth-order valence-corrected chi connectivity index (χ4v) is 5.18. The quantitative estimate of drug-likeness (QED) is 0.0188. The van der Waals surface area contributed by atoms with E-state index in [0.29, 0.717) is 25.7 Å². The Morgan fingerprint density at radius 3 is 1.65 bits per heavy atom. The van der Waals surface area contributed by atoms with E-state index in [9.17, 15) is 19.3 Å². The average Bonchev–Trinajstić information content (AvgIpc) is 3.15. The van der Waals surface area contributed by atoms with Crippen LogP contribution in [0.15, 0.2) is 109 Å². The standard InChI is InChI=1S/C45H71O9P/c1-3-5-7-8-9-10-11-12-13-14-15-16-17-18-23-26-29-32-35-39-45(48)54-43(41-53-55(49,50)51)40-52-44(47)38-34-31-28-25-22-20-19-21-24-27-30-33-37-42(46)36-6-4-2/h6,9-10,12-13,15-16,18-20,23-25,27-28,30,33,36,42-43,46H,3-5,7-8,11,14,17,21-22,26,29,31-32,34-35,37-41H2,1-2H3,(H2,49,50,51)/b10-9-,13-12-,16-15-,20-19-,23-18-,27-24-,28-25-,33-30+,36-6-/t42?,43-/m1/s1. The smallest absolute Gasteiger partial charge is 0.462 e. The minimum atomic E-state index is -4.79. The molecule has 3 N–H and O–H groups in total. The van der Waals surface area contributed by atoms with Crippen molar-refractivity contribution in [2.75, 3.05) is 13.2 Å². The van der Waals surface area contributed by atoms with Crippen molar-refractivity contribution in [2.24, 2.45) is 0 Å². The van der Waals surface area contributed by atoms with Crippen LogP contribution in [0.3, 0.4) is 0 Å². The van der Waals surface area contributed by atoms with E-state index in [2.05, 4.69) is 72.2 Å². The van der Waals surface area contributed by atoms with Crippen molar-refractivity contribution in [2.45, 2.75) is 148 Å². The summed E-state index contributed by atoms with van der Waals surface area (Å²) in [6.45, 7) is 3.32. The Labute approximate surface area is 332 Å². The van der Waals surface area contributed by atoms with Crippen LogP contribution in [0.5, 0.6) is 0 Å². The maximum absolute atomic E-state index is 12.4. The van der Waals surface area contributed by atoms with Crippen LogP contribution in [0, 0.1) is 0 Å². The molecule has 0 spiro atoms. The summed E-state index contributed by atoms with van der Waals surface area (Å²) < 4.78 is 26.3. The minimum Gasteiger partial charge on any atom is -0.462 e. The number of aliphatic hydroxyl groups is 1. The van der Waals surface area contributed by atoms with E-state index in [1.807, 2.05) is 55.5 Å². The van der Waals surface area contributed by atoms with Gasteiger partial charge in [0.15, 0.2) is 6.10 Å². The predicted molar refractivity (Wildman–Crippen MR) is 226 cm³/mol. The van der Waals surface area contributed by atoms with Gasteiger partial charge in [0.2, 0.25) is 0 Å². The highest BCUT2D eigenvalue weighted by Gasteiger charge is 2.22. The number of carbonyl (C=O) groups is 2. The summed E-state index contributed by atoms with van der Waals surface area (Å²) in [5, 5.41) is 9.74. The third-order valence-electron chi connectivity index (χ3n) is 7.85. The first-order chi connectivity index (χ1) is 26.7. The molecule has 0 saturated heterocycles. The molecular weight excluding hydrogens is 715 g/mol. The van der Waals surface area contributed by atoms with Gasteiger partial charge in [0.25, 0.3) is 0 Å². The van der Waals surface area contributed by atoms with E-state index < -0.39 is 38.6 Å². The molecule has 0 aromatic rings. The molecule has 1 unspecified atom stereocenters. The number of ether oxygens (including phenoxy) is 2. The van der Waals surface area contributed by atoms with Gasteiger partial charge in [-0.3, -0.25) is 14.1 Å². The van der Waals surface area contributed by atoms with E-state index in [1.54, 1.807) is 0 Å². The van der Waals surface area contributed by atoms with Gasteiger partial charge in [-0.15, -0.1) is 0 Å². The van der Waals surface area contributed by atoms with Gasteiger partial charge in [0.05, 0.1) is 12.7 Å². The van der Waals surface area contributed by atoms with E-state index in [4.69, 9.17) is 19.3 Å². The summed E-state index contributed by atoms with van der Waals surface area (Å²) >= 11 is 0. The van der Waals surface area contributed by atoms with Crippen molar-refractivity contribution in [3.05, 3.63) is 109 Å². The van der Waals surface area contributed by atoms with Crippen LogP contribution < -0.4 is 0 Å². The van der Waals surface area contributed by atoms with E-state index in [0.717, 1.165) is 57.8 Å². The molecule has 0 amide bonds. The number of hydrogen-bond donors (Lipinski definition) is 3. The van der Waals surface area contributed by atoms with Crippen molar-refractivity contribution in [1.29, 1.82) is 0 Å². The molecular formula is C45H71O9P. The van der Waals surface area contributed by atoms with Gasteiger partial charge in [0.1, 0.15) is 6.61 Å². The van der Waals surface area contributed by atoms with Crippen molar-refractivity contribution in [3.8, 4) is 0 Å². The molecule has 0 heterocycles. The Morgan fingerprint density at radius 1 is 0.582 bits per heavy atom. The van der Waals surface area contributed by atoms with Crippen LogP contribution in [-0.4, -0.2) is 52.3 Å². The monoisotopic (exact) mass is 786 g/mol. The topological polar surface area (TPSA) is 140 Å². The molecule has 55 heavy (non-hydrogen) atoms. The molecule has 9 nitrogen and oxygen atoms in total. The molecule has 0 bridgehead atoms. The number of phosphoric ester groups is 1. The Kier molecular flexibility index (Phi) is 36.6. The average molecular weight is 787 g/mol. The molecule has 0 aliphatic carbocycles. The molecule has 0 aliphatic heterocycles. The van der Waals surface area contributed by atoms with Crippen molar-refractivity contribution < 1.29 is 43.0 Å². The number of unbranched alkanes of at least 4 members (excludes halogenated alkanes) is 7. The van der Waals surface area contributed by atoms with Crippen LogP contribution in [0.25, 0.3) is 0 Å². The number of phosphoric acid groups is 1. The number of esters is 2. The van der Waals surface area contributed by atoms with Gasteiger partial charge in [-0.25, -0.2) is 4.57 Å². The lowest BCUT2D eigenvalue weighted by atomic mass is 10.1. The lowest BCUT2D eigenvalue weighted by Crippen LogP contribution is -2.29. The Morgan fingerprint density at radius 2 is 1.09 bits per heavy atom. The first-order valence-corrected chi connectivity index (χ1v) is 21.8. The molecule has 2 atom stereocenters. The Hall–Kier alpha value is -3.33. The summed E-state index contributed by atoms with van der Waals surface area (Å²) in [6.07, 6.45) is 51.5. The molecule has 310 valence electrons. The van der Waals surface area contributed by atoms with Gasteiger partial charge in [0, 0.05) is 12.8 Å². The summed E-state index contributed by atoms with van der Waals surface area (Å²) in [6, 6.07) is 0. The van der Waals surface area contributed by atoms with E-state index >= 15 is 0 Å². The molecule has 0 aliphatic rings. The predicted octanol–water partition coefficient (Wildman–Crippen LogP) is 11.4. The van der Waals surface area contributed by atoms with Crippen LogP contribution >= 0.6 is 7.82 Å². The SMILES string of the molecule is CC/C=C\C(O)C/C=C/C=C\C/C=C\C/C=C\CCCC(=O)OC[C@H](COP(=O)(O)O)OC(=O)CCCCC/C=C\C/C=C\C/C=C\C/C=C\CCCCC. The molecule has 0 radical (unpaired) electrons. The zero-order valence-electron chi connectivity index (χ0n) is 33.6. The fraction of sp³-hybridized carbons (Fsp3) is 0.556. The Bertz CT molecular complexity index is 1270. The third-order valence-corrected chi connectivity index (χ3v) is 8.34. The number of allylic oxidation sites excluding steroid dienone is 16. The minimum absolute atomic E-state index is 0.147. The first-order valence-electron chi connectivity index (χ1n) is 20.3. The summed E-state index contributed by atoms with van der Waals surface area (Å²) in [4.78, 5) is 42.8. The lowest BCUT2D eigenvalue weighted by Gasteiger charge is -2.18. The largest absolute Gasteiger partial charge is 0.469 e. The molecule has 0 aromatic heterocycles. The van der Waals surface area contributed by atoms with Gasteiger partial charge >= 0.3 is 19.8 Å². The van der Waals surface area contributed by atoms with Gasteiger partial charge in [-0.1, -0.05) is 142 Å². The van der Waals surface area contributed by atoms with Crippen LogP contribution in [-0.2, 0) is 28.2 Å². The summed E-state index contributed by atoms with van der Waals surface area (Å²) in [5.41, 5.74) is 0. The lowest BCUT2D eigenvalue weighted by molar-refractivity contribution is -0.161. The van der Waals surface area contributed by atoms with E-state index in [-0.39, 0.29) is 19.4 Å². The normalized spacial score (nSPS) is 14.2. The van der Waals surface area contributed by atoms with Crippen molar-refractivity contribution >= 4 is 19.8 Å². The fourth-order valence-electron chi connectivity index (χ4n) is 4.82. The summed E-state index contributed by atoms with van der Waals surface area (Å²) in [5.74, 6) is -1.03. The van der Waals surface area contributed by atoms with Gasteiger partial charge in [-0.2, -0.15) is 0 Å². The Balaban J connectivity index is 4.17.